The Balaban J connectivity index is 0.951. The van der Waals surface area contributed by atoms with Crippen LogP contribution in [0.25, 0.3) is 0 Å². The van der Waals surface area contributed by atoms with Crippen LogP contribution in [0.2, 0.25) is 0 Å². The Morgan fingerprint density at radius 3 is 0.242 bits per heavy atom. The van der Waals surface area contributed by atoms with Crippen LogP contribution >= 0.6 is 0 Å². The van der Waals surface area contributed by atoms with Crippen molar-refractivity contribution in [2.45, 2.75) is 554 Å². The Morgan fingerprint density at radius 1 is 0.0769 bits per heavy atom. The van der Waals surface area contributed by atoms with Crippen molar-refractivity contribution in [3.05, 3.63) is 0 Å². The second-order valence-corrected chi connectivity index (χ2v) is 34.6. The zero-order chi connectivity index (χ0) is 62.3. The molecule has 0 heterocycles. The summed E-state index contributed by atoms with van der Waals surface area (Å²) >= 11 is 0. The molecule has 2 unspecified atom stereocenters. The molecule has 0 bridgehead atoms. The predicted molar refractivity (Wildman–Crippen MR) is 399 cm³/mol. The van der Waals surface area contributed by atoms with E-state index < -0.39 is 0 Å². The molecule has 0 spiro atoms. The van der Waals surface area contributed by atoms with Gasteiger partial charge in [0.15, 0.2) is 0 Å². The summed E-state index contributed by atoms with van der Waals surface area (Å²) in [5, 5.41) is 0. The van der Waals surface area contributed by atoms with Crippen molar-refractivity contribution in [2.24, 2.45) is 0 Å². The fraction of sp³-hybridized carbons (Fsp3) is 1.00. The Morgan fingerprint density at radius 2 is 0.143 bits per heavy atom. The minimum Gasteiger partial charge on any atom is -0.294 e. The van der Waals surface area contributed by atoms with Gasteiger partial charge in [-0.25, -0.2) is 0 Å². The summed E-state index contributed by atoms with van der Waals surface area (Å²) < 4.78 is 0. The zero-order valence-corrected chi connectivity index (χ0v) is 61.8. The fourth-order valence-electron chi connectivity index (χ4n) is 22.8. The van der Waals surface area contributed by atoms with E-state index in [1.807, 2.05) is 0 Å². The summed E-state index contributed by atoms with van der Waals surface area (Å²) in [6.45, 7) is 0. The molecule has 4 nitrogen and oxygen atoms in total. The topological polar surface area (TPSA) is 13.0 Å². The molecule has 91 heavy (non-hydrogen) atoms. The highest BCUT2D eigenvalue weighted by Gasteiger charge is 2.40. The van der Waals surface area contributed by atoms with Gasteiger partial charge in [0.05, 0.1) is 0 Å². The van der Waals surface area contributed by atoms with Gasteiger partial charge in [0, 0.05) is 72.5 Å². The summed E-state index contributed by atoms with van der Waals surface area (Å²) in [6, 6.07) is 10.1. The molecular formula is C87H162N4. The molecule has 0 radical (unpaired) electrons. The molecular weight excluding hydrogens is 1100 g/mol. The molecule has 9 saturated carbocycles. The average molecular weight is 1260 g/mol. The highest BCUT2D eigenvalue weighted by molar-refractivity contribution is 4.95. The van der Waals surface area contributed by atoms with Crippen LogP contribution in [0.1, 0.15) is 482 Å². The maximum absolute atomic E-state index is 3.52. The number of hydrogen-bond acceptors (Lipinski definition) is 4. The molecule has 4 heteroatoms. The third-order valence-corrected chi connectivity index (χ3v) is 27.7. The molecule has 9 rings (SSSR count). The fourth-order valence-corrected chi connectivity index (χ4v) is 22.8. The average Bonchev–Trinajstić information content (AvgIpc) is 4.08. The normalized spacial score (nSPS) is 31.6. The Bertz CT molecular complexity index is 1650. The second kappa shape index (κ2) is 47.0. The van der Waals surface area contributed by atoms with Gasteiger partial charge < -0.3 is 0 Å². The molecule has 9 aliphatic rings. The van der Waals surface area contributed by atoms with Crippen LogP contribution in [0.3, 0.4) is 0 Å². The summed E-state index contributed by atoms with van der Waals surface area (Å²) in [6.07, 6.45) is 113. The first-order chi connectivity index (χ1) is 45.3. The summed E-state index contributed by atoms with van der Waals surface area (Å²) in [4.78, 5) is 13.8. The van der Waals surface area contributed by atoms with Crippen molar-refractivity contribution in [1.29, 1.82) is 0 Å². The maximum Gasteiger partial charge on any atom is 0.0101 e. The van der Waals surface area contributed by atoms with E-state index in [0.717, 1.165) is 72.5 Å². The minimum atomic E-state index is 0.814. The lowest BCUT2D eigenvalue weighted by Crippen LogP contribution is -2.52. The van der Waals surface area contributed by atoms with Crippen LogP contribution in [0.15, 0.2) is 0 Å². The van der Waals surface area contributed by atoms with E-state index in [1.54, 1.807) is 0 Å². The number of hydrogen-bond donors (Lipinski definition) is 0. The zero-order valence-electron chi connectivity index (χ0n) is 61.8. The Labute approximate surface area is 570 Å². The molecule has 9 fully saturated rings. The third kappa shape index (κ3) is 27.5. The SMILES string of the molecule is C1CCCCCC(N(C2CCCCCCCCC2)C2CCCCC(N(C3CCCCC(N(C4CCCCCCCCC4)C4CCCCCCCC4)CCC3)C3CCCC(N(C4CCCCCCCCCC4)C4CCCCCCCC4)CCC3)CCCC2)CCCC1. The largest absolute Gasteiger partial charge is 0.294 e. The van der Waals surface area contributed by atoms with Crippen molar-refractivity contribution < 1.29 is 0 Å². The van der Waals surface area contributed by atoms with Crippen molar-refractivity contribution in [3.63, 3.8) is 0 Å². The standard InChI is InChI=1S/C87H162N4/c1-2-8-20-32-53-76(52-31-19-7-1)88(77-54-35-23-11-5-12-24-36-55-77)82-64-43-45-66-83(67-46-44-65-82)91(85-69-48-47-68-84(70-49-71-85)89(79-58-39-27-15-16-28-40-59-79)78-56-37-25-13-6-14-26-38-57-78)87-74-50-72-86(73-51-75-87)90(81-62-41-29-17-18-30-42-63-81)80-60-33-21-9-3-4-10-22-34-61-80/h76-87H,1-75H2. The molecule has 530 valence electrons. The molecule has 0 saturated heterocycles. The van der Waals surface area contributed by atoms with Gasteiger partial charge >= 0.3 is 0 Å². The molecule has 0 N–H and O–H groups in total. The van der Waals surface area contributed by atoms with Crippen LogP contribution in [0.5, 0.6) is 0 Å². The van der Waals surface area contributed by atoms with Crippen LogP contribution in [0, 0.1) is 0 Å². The quantitative estimate of drug-likeness (QED) is 0.193. The summed E-state index contributed by atoms with van der Waals surface area (Å²) in [7, 11) is 0. The maximum atomic E-state index is 3.52. The van der Waals surface area contributed by atoms with Gasteiger partial charge in [0.1, 0.15) is 0 Å². The first kappa shape index (κ1) is 75.1. The third-order valence-electron chi connectivity index (χ3n) is 27.7. The van der Waals surface area contributed by atoms with Gasteiger partial charge in [-0.1, -0.05) is 327 Å². The van der Waals surface area contributed by atoms with E-state index in [9.17, 15) is 0 Å². The van der Waals surface area contributed by atoms with Crippen molar-refractivity contribution in [2.75, 3.05) is 0 Å². The highest BCUT2D eigenvalue weighted by atomic mass is 15.2. The van der Waals surface area contributed by atoms with Gasteiger partial charge in [-0.2, -0.15) is 0 Å². The van der Waals surface area contributed by atoms with Crippen LogP contribution in [-0.2, 0) is 0 Å². The Kier molecular flexibility index (Phi) is 38.8. The lowest BCUT2D eigenvalue weighted by molar-refractivity contribution is 0.0135. The van der Waals surface area contributed by atoms with Crippen LogP contribution in [-0.4, -0.2) is 92.1 Å². The predicted octanol–water partition coefficient (Wildman–Crippen LogP) is 27.0. The second-order valence-electron chi connectivity index (χ2n) is 34.6. The van der Waals surface area contributed by atoms with E-state index in [4.69, 9.17) is 0 Å². The van der Waals surface area contributed by atoms with Crippen molar-refractivity contribution in [1.82, 2.24) is 19.6 Å². The molecule has 2 atom stereocenters. The van der Waals surface area contributed by atoms with Gasteiger partial charge in [-0.3, -0.25) is 19.6 Å². The lowest BCUT2D eigenvalue weighted by atomic mass is 9.84. The smallest absolute Gasteiger partial charge is 0.0101 e. The van der Waals surface area contributed by atoms with E-state index in [1.165, 1.54) is 482 Å². The van der Waals surface area contributed by atoms with Crippen LogP contribution in [0.4, 0.5) is 0 Å². The highest BCUT2D eigenvalue weighted by Crippen LogP contribution is 2.41. The lowest BCUT2D eigenvalue weighted by Gasteiger charge is -2.48. The number of rotatable bonds is 12. The molecule has 0 aromatic heterocycles. The molecule has 0 aromatic rings. The molecule has 0 aromatic carbocycles. The van der Waals surface area contributed by atoms with Crippen LogP contribution < -0.4 is 0 Å². The van der Waals surface area contributed by atoms with Crippen molar-refractivity contribution in [3.8, 4) is 0 Å². The number of nitrogens with zero attached hydrogens (tertiary/aromatic N) is 4. The van der Waals surface area contributed by atoms with Gasteiger partial charge in [-0.05, 0) is 154 Å². The van der Waals surface area contributed by atoms with Crippen molar-refractivity contribution >= 4 is 0 Å². The first-order valence-corrected chi connectivity index (χ1v) is 44.4. The van der Waals surface area contributed by atoms with E-state index >= 15 is 0 Å². The first-order valence-electron chi connectivity index (χ1n) is 44.4. The Hall–Kier alpha value is -0.160. The molecule has 0 amide bonds. The molecule has 9 aliphatic carbocycles. The minimum absolute atomic E-state index is 0.814. The molecule has 0 aliphatic heterocycles. The summed E-state index contributed by atoms with van der Waals surface area (Å²) in [5.41, 5.74) is 0. The van der Waals surface area contributed by atoms with Gasteiger partial charge in [0.2, 0.25) is 0 Å². The monoisotopic (exact) mass is 1260 g/mol. The summed E-state index contributed by atoms with van der Waals surface area (Å²) in [5.74, 6) is 0. The van der Waals surface area contributed by atoms with E-state index in [0.29, 0.717) is 0 Å². The van der Waals surface area contributed by atoms with E-state index in [2.05, 4.69) is 19.6 Å². The van der Waals surface area contributed by atoms with Gasteiger partial charge in [-0.15, -0.1) is 0 Å². The van der Waals surface area contributed by atoms with E-state index in [-0.39, 0.29) is 0 Å². The van der Waals surface area contributed by atoms with Gasteiger partial charge in [0.25, 0.3) is 0 Å².